The molecule has 1 fully saturated rings. The molecule has 1 aliphatic carbocycles. The summed E-state index contributed by atoms with van der Waals surface area (Å²) in [7, 11) is 0. The van der Waals surface area contributed by atoms with Gasteiger partial charge in [-0.15, -0.1) is 10.2 Å². The molecule has 1 aromatic carbocycles. The van der Waals surface area contributed by atoms with E-state index < -0.39 is 0 Å². The average Bonchev–Trinajstić information content (AvgIpc) is 2.88. The molecule has 3 heteroatoms. The maximum atomic E-state index is 4.75. The van der Waals surface area contributed by atoms with Crippen LogP contribution in [0, 0.1) is 5.92 Å². The molecule has 2 heterocycles. The largest absolute Gasteiger partial charge is 0.314 e. The van der Waals surface area contributed by atoms with Crippen molar-refractivity contribution in [3.05, 3.63) is 47.5 Å². The lowest BCUT2D eigenvalue weighted by Crippen LogP contribution is -2.40. The lowest BCUT2D eigenvalue weighted by Gasteiger charge is -2.43. The minimum atomic E-state index is 0.00393. The Bertz CT molecular complexity index is 657. The van der Waals surface area contributed by atoms with Crippen molar-refractivity contribution in [1.82, 2.24) is 14.8 Å². The predicted octanol–water partition coefficient (Wildman–Crippen LogP) is 4.50. The average molecular weight is 309 g/mol. The summed E-state index contributed by atoms with van der Waals surface area (Å²) in [5.74, 6) is 3.12. The van der Waals surface area contributed by atoms with Crippen LogP contribution in [0.25, 0.3) is 0 Å². The van der Waals surface area contributed by atoms with Crippen LogP contribution >= 0.6 is 0 Å². The van der Waals surface area contributed by atoms with E-state index in [0.29, 0.717) is 5.92 Å². The Kier molecular flexibility index (Phi) is 3.96. The third-order valence-corrected chi connectivity index (χ3v) is 6.12. The van der Waals surface area contributed by atoms with Crippen LogP contribution in [-0.4, -0.2) is 14.8 Å². The molecule has 0 radical (unpaired) electrons. The van der Waals surface area contributed by atoms with Crippen molar-refractivity contribution in [3.8, 4) is 0 Å². The van der Waals surface area contributed by atoms with Crippen LogP contribution in [0.4, 0.5) is 0 Å². The van der Waals surface area contributed by atoms with Crippen molar-refractivity contribution < 1.29 is 0 Å². The molecule has 1 unspecified atom stereocenters. The summed E-state index contributed by atoms with van der Waals surface area (Å²) < 4.78 is 2.46. The normalized spacial score (nSPS) is 21.6. The summed E-state index contributed by atoms with van der Waals surface area (Å²) >= 11 is 0. The van der Waals surface area contributed by atoms with Crippen molar-refractivity contribution in [2.75, 3.05) is 0 Å². The molecule has 1 aromatic heterocycles. The molecule has 122 valence electrons. The fourth-order valence-corrected chi connectivity index (χ4v) is 4.36. The highest BCUT2D eigenvalue weighted by atomic mass is 15.3. The van der Waals surface area contributed by atoms with Crippen LogP contribution in [0.3, 0.4) is 0 Å². The van der Waals surface area contributed by atoms with E-state index in [1.54, 1.807) is 0 Å². The third-order valence-electron chi connectivity index (χ3n) is 6.12. The van der Waals surface area contributed by atoms with Crippen molar-refractivity contribution in [2.45, 2.75) is 70.3 Å². The van der Waals surface area contributed by atoms with Gasteiger partial charge in [-0.1, -0.05) is 49.6 Å². The summed E-state index contributed by atoms with van der Waals surface area (Å²) in [6, 6.07) is 11.0. The first-order valence-corrected chi connectivity index (χ1v) is 9.28. The molecule has 0 N–H and O–H groups in total. The molecule has 2 aliphatic rings. The molecule has 3 nitrogen and oxygen atoms in total. The number of nitrogens with zero attached hydrogens (tertiary/aromatic N) is 3. The zero-order valence-electron chi connectivity index (χ0n) is 14.2. The smallest absolute Gasteiger partial charge is 0.143 e. The standard InChI is InChI=1S/C20H27N3/c1-20(17-12-9-13-17,16-10-5-4-6-11-16)19-22-21-18-14-7-2-3-8-15-23(18)19/h4-6,10-11,17H,2-3,7-9,12-15H2,1H3. The number of hydrogen-bond donors (Lipinski definition) is 0. The van der Waals surface area contributed by atoms with Crippen LogP contribution in [0.5, 0.6) is 0 Å². The van der Waals surface area contributed by atoms with Gasteiger partial charge in [0.15, 0.2) is 0 Å². The monoisotopic (exact) mass is 309 g/mol. The topological polar surface area (TPSA) is 30.7 Å². The summed E-state index contributed by atoms with van der Waals surface area (Å²) in [6.45, 7) is 3.50. The summed E-state index contributed by atoms with van der Waals surface area (Å²) in [5.41, 5.74) is 1.41. The van der Waals surface area contributed by atoms with E-state index in [-0.39, 0.29) is 5.41 Å². The molecule has 2 aromatic rings. The van der Waals surface area contributed by atoms with Gasteiger partial charge < -0.3 is 4.57 Å². The number of hydrogen-bond acceptors (Lipinski definition) is 2. The van der Waals surface area contributed by atoms with Gasteiger partial charge in [0, 0.05) is 13.0 Å². The van der Waals surface area contributed by atoms with Crippen molar-refractivity contribution >= 4 is 0 Å². The molecule has 0 saturated heterocycles. The Balaban J connectivity index is 1.81. The fourth-order valence-electron chi connectivity index (χ4n) is 4.36. The molecule has 0 spiro atoms. The van der Waals surface area contributed by atoms with E-state index >= 15 is 0 Å². The Morgan fingerprint density at radius 2 is 1.74 bits per heavy atom. The fraction of sp³-hybridized carbons (Fsp3) is 0.600. The number of fused-ring (bicyclic) bond motifs is 1. The lowest BCUT2D eigenvalue weighted by atomic mass is 9.62. The van der Waals surface area contributed by atoms with Gasteiger partial charge >= 0.3 is 0 Å². The van der Waals surface area contributed by atoms with E-state index in [1.165, 1.54) is 62.2 Å². The van der Waals surface area contributed by atoms with E-state index in [4.69, 9.17) is 5.10 Å². The molecular formula is C20H27N3. The summed E-state index contributed by atoms with van der Waals surface area (Å²) in [6.07, 6.45) is 10.2. The molecule has 1 aliphatic heterocycles. The van der Waals surface area contributed by atoms with Crippen LogP contribution in [0.1, 0.15) is 69.1 Å². The lowest BCUT2D eigenvalue weighted by molar-refractivity contribution is 0.197. The highest BCUT2D eigenvalue weighted by Gasteiger charge is 2.44. The zero-order chi connectivity index (χ0) is 15.7. The zero-order valence-corrected chi connectivity index (χ0v) is 14.2. The Morgan fingerprint density at radius 1 is 0.957 bits per heavy atom. The molecule has 1 atom stereocenters. The van der Waals surface area contributed by atoms with Crippen molar-refractivity contribution in [3.63, 3.8) is 0 Å². The second-order valence-electron chi connectivity index (χ2n) is 7.45. The van der Waals surface area contributed by atoms with Crippen LogP contribution in [0.15, 0.2) is 30.3 Å². The van der Waals surface area contributed by atoms with Crippen molar-refractivity contribution in [1.29, 1.82) is 0 Å². The molecule has 0 bridgehead atoms. The summed E-state index contributed by atoms with van der Waals surface area (Å²) in [4.78, 5) is 0. The van der Waals surface area contributed by atoms with E-state index in [2.05, 4.69) is 46.9 Å². The van der Waals surface area contributed by atoms with Crippen LogP contribution < -0.4 is 0 Å². The van der Waals surface area contributed by atoms with Gasteiger partial charge in [-0.25, -0.2) is 0 Å². The number of aromatic nitrogens is 3. The first-order valence-electron chi connectivity index (χ1n) is 9.28. The minimum absolute atomic E-state index is 0.00393. The maximum absolute atomic E-state index is 4.75. The van der Waals surface area contributed by atoms with Crippen LogP contribution in [-0.2, 0) is 18.4 Å². The number of rotatable bonds is 3. The Hall–Kier alpha value is -1.64. The highest BCUT2D eigenvalue weighted by Crippen LogP contribution is 2.47. The highest BCUT2D eigenvalue weighted by molar-refractivity contribution is 5.34. The quantitative estimate of drug-likeness (QED) is 0.835. The second-order valence-corrected chi connectivity index (χ2v) is 7.45. The van der Waals surface area contributed by atoms with Gasteiger partial charge in [0.25, 0.3) is 0 Å². The Morgan fingerprint density at radius 3 is 2.48 bits per heavy atom. The van der Waals surface area contributed by atoms with Gasteiger partial charge in [0.1, 0.15) is 11.6 Å². The van der Waals surface area contributed by atoms with Gasteiger partial charge in [-0.3, -0.25) is 0 Å². The molecule has 23 heavy (non-hydrogen) atoms. The Labute approximate surface area is 139 Å². The van der Waals surface area contributed by atoms with E-state index in [0.717, 1.165) is 13.0 Å². The summed E-state index contributed by atoms with van der Waals surface area (Å²) in [5, 5.41) is 9.35. The molecule has 4 rings (SSSR count). The predicted molar refractivity (Wildman–Crippen MR) is 92.4 cm³/mol. The number of benzene rings is 1. The van der Waals surface area contributed by atoms with Gasteiger partial charge in [0.2, 0.25) is 0 Å². The molecule has 1 saturated carbocycles. The van der Waals surface area contributed by atoms with Crippen molar-refractivity contribution in [2.24, 2.45) is 5.92 Å². The molecule has 0 amide bonds. The molecular weight excluding hydrogens is 282 g/mol. The maximum Gasteiger partial charge on any atom is 0.143 e. The van der Waals surface area contributed by atoms with E-state index in [1.807, 2.05) is 0 Å². The SMILES string of the molecule is CC(c1ccccc1)(c1nnc2n1CCCCCC2)C1CCC1. The van der Waals surface area contributed by atoms with Gasteiger partial charge in [-0.05, 0) is 44.1 Å². The minimum Gasteiger partial charge on any atom is -0.314 e. The van der Waals surface area contributed by atoms with Crippen LogP contribution in [0.2, 0.25) is 0 Å². The first-order chi connectivity index (χ1) is 11.3. The third kappa shape index (κ3) is 2.50. The first kappa shape index (κ1) is 14.9. The number of aryl methyl sites for hydroxylation is 1. The second kappa shape index (κ2) is 6.10. The van der Waals surface area contributed by atoms with Gasteiger partial charge in [0.05, 0.1) is 5.41 Å². The van der Waals surface area contributed by atoms with Gasteiger partial charge in [-0.2, -0.15) is 0 Å². The van der Waals surface area contributed by atoms with E-state index in [9.17, 15) is 0 Å².